The standard InChI is InChI=1S/C22H24N4O4/c1-13(26-21(28)18-16-6-7-17(30-16)19(18)22(26)29)20(27)24-10-14-2-4-15(5-3-14)11-25-9-8-23-12-25/h2-5,8-9,12-13,16-19H,6-7,10-11H2,1H3,(H,24,27)/t13-,16+,17+,18-,19+/m0/s1. The number of carbonyl (C=O) groups is 3. The van der Waals surface area contributed by atoms with Crippen LogP contribution in [0.3, 0.4) is 0 Å². The van der Waals surface area contributed by atoms with Crippen LogP contribution in [0.25, 0.3) is 0 Å². The van der Waals surface area contributed by atoms with Gasteiger partial charge in [-0.25, -0.2) is 4.98 Å². The van der Waals surface area contributed by atoms with Gasteiger partial charge in [-0.2, -0.15) is 0 Å². The molecule has 2 aromatic rings. The number of carbonyl (C=O) groups excluding carboxylic acids is 3. The molecule has 5 rings (SSSR count). The molecule has 0 aliphatic carbocycles. The highest BCUT2D eigenvalue weighted by atomic mass is 16.5. The van der Waals surface area contributed by atoms with Gasteiger partial charge in [0, 0.05) is 25.5 Å². The number of benzene rings is 1. The Hall–Kier alpha value is -3.00. The average molecular weight is 408 g/mol. The van der Waals surface area contributed by atoms with E-state index in [1.807, 2.05) is 35.0 Å². The van der Waals surface area contributed by atoms with E-state index >= 15 is 0 Å². The Labute approximate surface area is 174 Å². The average Bonchev–Trinajstić information content (AvgIpc) is 3.53. The van der Waals surface area contributed by atoms with E-state index in [0.717, 1.165) is 35.4 Å². The molecule has 2 bridgehead atoms. The van der Waals surface area contributed by atoms with Crippen molar-refractivity contribution >= 4 is 17.7 Å². The van der Waals surface area contributed by atoms with Gasteiger partial charge >= 0.3 is 0 Å². The lowest BCUT2D eigenvalue weighted by Gasteiger charge is -2.24. The van der Waals surface area contributed by atoms with Crippen molar-refractivity contribution < 1.29 is 19.1 Å². The molecule has 8 nitrogen and oxygen atoms in total. The molecule has 0 radical (unpaired) electrons. The first kappa shape index (κ1) is 19.0. The molecule has 0 saturated carbocycles. The maximum atomic E-state index is 12.8. The molecule has 8 heteroatoms. The Morgan fingerprint density at radius 2 is 1.77 bits per heavy atom. The Morgan fingerprint density at radius 1 is 1.13 bits per heavy atom. The van der Waals surface area contributed by atoms with Gasteiger partial charge in [-0.05, 0) is 30.9 Å². The Kier molecular flexibility index (Phi) is 4.66. The van der Waals surface area contributed by atoms with Crippen molar-refractivity contribution in [1.82, 2.24) is 19.8 Å². The van der Waals surface area contributed by atoms with Crippen molar-refractivity contribution in [2.24, 2.45) is 11.8 Å². The van der Waals surface area contributed by atoms with Gasteiger partial charge in [0.15, 0.2) is 0 Å². The normalized spacial score (nSPS) is 28.1. The SMILES string of the molecule is C[C@@H](C(=O)NCc1ccc(Cn2ccnc2)cc1)N1C(=O)[C@@H]2[C@H](C1=O)[C@H]1CC[C@H]2O1. The van der Waals surface area contributed by atoms with Gasteiger partial charge < -0.3 is 14.6 Å². The summed E-state index contributed by atoms with van der Waals surface area (Å²) in [6.07, 6.45) is 6.71. The number of aromatic nitrogens is 2. The van der Waals surface area contributed by atoms with E-state index in [4.69, 9.17) is 4.74 Å². The minimum atomic E-state index is -0.824. The highest BCUT2D eigenvalue weighted by Crippen LogP contribution is 2.48. The summed E-state index contributed by atoms with van der Waals surface area (Å²) >= 11 is 0. The van der Waals surface area contributed by atoms with Crippen molar-refractivity contribution in [3.63, 3.8) is 0 Å². The highest BCUT2D eigenvalue weighted by molar-refractivity contribution is 6.09. The number of amides is 3. The number of hydrogen-bond acceptors (Lipinski definition) is 5. The van der Waals surface area contributed by atoms with Gasteiger partial charge in [-0.3, -0.25) is 19.3 Å². The van der Waals surface area contributed by atoms with Gasteiger partial charge in [0.1, 0.15) is 6.04 Å². The van der Waals surface area contributed by atoms with Gasteiger partial charge in [0.05, 0.1) is 30.4 Å². The van der Waals surface area contributed by atoms with Crippen LogP contribution in [0.4, 0.5) is 0 Å². The van der Waals surface area contributed by atoms with Gasteiger partial charge in [-0.15, -0.1) is 0 Å². The second kappa shape index (κ2) is 7.36. The van der Waals surface area contributed by atoms with Crippen LogP contribution >= 0.6 is 0 Å². The first-order valence-corrected chi connectivity index (χ1v) is 10.4. The summed E-state index contributed by atoms with van der Waals surface area (Å²) in [4.78, 5) is 43.5. The summed E-state index contributed by atoms with van der Waals surface area (Å²) < 4.78 is 7.72. The van der Waals surface area contributed by atoms with Crippen molar-refractivity contribution in [2.75, 3.05) is 0 Å². The topological polar surface area (TPSA) is 93.5 Å². The van der Waals surface area contributed by atoms with Crippen LogP contribution in [0.1, 0.15) is 30.9 Å². The van der Waals surface area contributed by atoms with E-state index in [1.165, 1.54) is 0 Å². The predicted octanol–water partition coefficient (Wildman–Crippen LogP) is 1.10. The number of likely N-dealkylation sites (tertiary alicyclic amines) is 1. The zero-order valence-electron chi connectivity index (χ0n) is 16.7. The summed E-state index contributed by atoms with van der Waals surface area (Å²) in [6, 6.07) is 7.12. The number of ether oxygens (including phenoxy) is 1. The molecule has 5 atom stereocenters. The molecule has 3 aliphatic heterocycles. The third kappa shape index (κ3) is 3.11. The molecule has 156 valence electrons. The number of hydrogen-bond donors (Lipinski definition) is 1. The summed E-state index contributed by atoms with van der Waals surface area (Å²) in [7, 11) is 0. The second-order valence-corrected chi connectivity index (χ2v) is 8.33. The van der Waals surface area contributed by atoms with Crippen LogP contribution in [0.2, 0.25) is 0 Å². The Balaban J connectivity index is 1.19. The van der Waals surface area contributed by atoms with Crippen LogP contribution in [0.5, 0.6) is 0 Å². The molecule has 3 saturated heterocycles. The molecular weight excluding hydrogens is 384 g/mol. The third-order valence-electron chi connectivity index (χ3n) is 6.50. The number of nitrogens with zero attached hydrogens (tertiary/aromatic N) is 3. The molecular formula is C22H24N4O4. The molecule has 0 spiro atoms. The van der Waals surface area contributed by atoms with E-state index < -0.39 is 17.9 Å². The summed E-state index contributed by atoms with van der Waals surface area (Å²) in [5, 5.41) is 2.85. The van der Waals surface area contributed by atoms with Crippen molar-refractivity contribution in [2.45, 2.75) is 51.1 Å². The molecule has 3 amide bonds. The van der Waals surface area contributed by atoms with Crippen LogP contribution in [0.15, 0.2) is 43.0 Å². The second-order valence-electron chi connectivity index (χ2n) is 8.33. The summed E-state index contributed by atoms with van der Waals surface area (Å²) in [6.45, 7) is 2.69. The molecule has 4 heterocycles. The van der Waals surface area contributed by atoms with Gasteiger partial charge in [0.2, 0.25) is 17.7 Å². The lowest BCUT2D eigenvalue weighted by Crippen LogP contribution is -2.49. The fraction of sp³-hybridized carbons (Fsp3) is 0.455. The maximum absolute atomic E-state index is 12.8. The zero-order chi connectivity index (χ0) is 20.8. The molecule has 0 unspecified atom stereocenters. The number of rotatable bonds is 6. The first-order chi connectivity index (χ1) is 14.5. The molecule has 1 N–H and O–H groups in total. The number of imidazole rings is 1. The Morgan fingerprint density at radius 3 is 2.37 bits per heavy atom. The third-order valence-corrected chi connectivity index (χ3v) is 6.50. The van der Waals surface area contributed by atoms with Crippen LogP contribution in [-0.2, 0) is 32.2 Å². The van der Waals surface area contributed by atoms with Crippen LogP contribution in [0, 0.1) is 11.8 Å². The van der Waals surface area contributed by atoms with Crippen molar-refractivity contribution in [1.29, 1.82) is 0 Å². The minimum Gasteiger partial charge on any atom is -0.373 e. The largest absolute Gasteiger partial charge is 0.373 e. The smallest absolute Gasteiger partial charge is 0.243 e. The van der Waals surface area contributed by atoms with Crippen molar-refractivity contribution in [3.8, 4) is 0 Å². The van der Waals surface area contributed by atoms with E-state index in [1.54, 1.807) is 19.4 Å². The van der Waals surface area contributed by atoms with Crippen LogP contribution in [-0.4, -0.2) is 50.4 Å². The highest BCUT2D eigenvalue weighted by Gasteiger charge is 2.63. The van der Waals surface area contributed by atoms with E-state index in [0.29, 0.717) is 6.54 Å². The van der Waals surface area contributed by atoms with E-state index in [-0.39, 0.29) is 29.9 Å². The molecule has 3 fully saturated rings. The van der Waals surface area contributed by atoms with Crippen LogP contribution < -0.4 is 5.32 Å². The lowest BCUT2D eigenvalue weighted by atomic mass is 9.81. The van der Waals surface area contributed by atoms with E-state index in [9.17, 15) is 14.4 Å². The van der Waals surface area contributed by atoms with Crippen molar-refractivity contribution in [3.05, 3.63) is 54.1 Å². The molecule has 3 aliphatic rings. The summed E-state index contributed by atoms with van der Waals surface area (Å²) in [5.41, 5.74) is 2.08. The monoisotopic (exact) mass is 408 g/mol. The lowest BCUT2D eigenvalue weighted by molar-refractivity contribution is -0.149. The molecule has 1 aromatic heterocycles. The molecule has 30 heavy (non-hydrogen) atoms. The van der Waals surface area contributed by atoms with Gasteiger partial charge in [-0.1, -0.05) is 24.3 Å². The van der Waals surface area contributed by atoms with Gasteiger partial charge in [0.25, 0.3) is 0 Å². The molecule has 1 aromatic carbocycles. The fourth-order valence-electron chi connectivity index (χ4n) is 4.92. The number of fused-ring (bicyclic) bond motifs is 5. The quantitative estimate of drug-likeness (QED) is 0.723. The summed E-state index contributed by atoms with van der Waals surface area (Å²) in [5.74, 6) is -1.66. The maximum Gasteiger partial charge on any atom is 0.243 e. The van der Waals surface area contributed by atoms with E-state index in [2.05, 4.69) is 10.3 Å². The fourth-order valence-corrected chi connectivity index (χ4v) is 4.92. The number of nitrogens with one attached hydrogen (secondary N) is 1. The Bertz CT molecular complexity index is 944. The number of imide groups is 1. The zero-order valence-corrected chi connectivity index (χ0v) is 16.7. The predicted molar refractivity (Wildman–Crippen MR) is 106 cm³/mol. The minimum absolute atomic E-state index is 0.169. The first-order valence-electron chi connectivity index (χ1n) is 10.4.